The number of carbonyl (C=O) groups is 1. The minimum atomic E-state index is -0.288. The number of hydrogen-bond donors (Lipinski definition) is 3. The van der Waals surface area contributed by atoms with E-state index < -0.39 is 0 Å². The molecule has 0 radical (unpaired) electrons. The number of nitrogens with zero attached hydrogens (tertiary/aromatic N) is 1. The molecule has 1 fully saturated rings. The Hall–Kier alpha value is -2.86. The number of H-pyrrole nitrogens is 1. The van der Waals surface area contributed by atoms with Crippen LogP contribution in [0.15, 0.2) is 47.5 Å². The zero-order valence-corrected chi connectivity index (χ0v) is 16.8. The standard InChI is InChI=1S/C23H28N4O2/c1-16-9-12-27(15-17-5-4-10-24-13-17)23(29)21(16)22(28)25-11-8-18-14-26-20-7-3-2-6-19(18)20/h2-3,6-7,9,12,14,17,24,26H,4-5,8,10-11,13,15H2,1H3,(H,25,28). The molecule has 1 aliphatic heterocycles. The summed E-state index contributed by atoms with van der Waals surface area (Å²) in [6.45, 7) is 4.93. The van der Waals surface area contributed by atoms with E-state index in [4.69, 9.17) is 0 Å². The van der Waals surface area contributed by atoms with Gasteiger partial charge in [0.15, 0.2) is 0 Å². The molecule has 1 aliphatic rings. The van der Waals surface area contributed by atoms with Crippen LogP contribution >= 0.6 is 0 Å². The van der Waals surface area contributed by atoms with Gasteiger partial charge in [-0.05, 0) is 68.5 Å². The predicted molar refractivity (Wildman–Crippen MR) is 115 cm³/mol. The van der Waals surface area contributed by atoms with Gasteiger partial charge in [0, 0.05) is 36.4 Å². The molecule has 0 bridgehead atoms. The fraction of sp³-hybridized carbons (Fsp3) is 0.391. The van der Waals surface area contributed by atoms with E-state index in [0.717, 1.165) is 42.6 Å². The van der Waals surface area contributed by atoms with Crippen LogP contribution in [0.1, 0.15) is 34.3 Å². The van der Waals surface area contributed by atoms with Crippen molar-refractivity contribution < 1.29 is 4.79 Å². The van der Waals surface area contributed by atoms with E-state index in [1.807, 2.05) is 43.6 Å². The number of pyridine rings is 1. The summed E-state index contributed by atoms with van der Waals surface area (Å²) >= 11 is 0. The molecule has 3 heterocycles. The number of aromatic nitrogens is 2. The minimum Gasteiger partial charge on any atom is -0.361 e. The van der Waals surface area contributed by atoms with Crippen LogP contribution in [-0.2, 0) is 13.0 Å². The number of carbonyl (C=O) groups excluding carboxylic acids is 1. The summed E-state index contributed by atoms with van der Waals surface area (Å²) in [6.07, 6.45) is 6.75. The number of hydrogen-bond acceptors (Lipinski definition) is 3. The Morgan fingerprint density at radius 1 is 1.28 bits per heavy atom. The molecule has 1 aromatic carbocycles. The second kappa shape index (κ2) is 8.66. The van der Waals surface area contributed by atoms with E-state index in [0.29, 0.717) is 25.4 Å². The lowest BCUT2D eigenvalue weighted by molar-refractivity contribution is 0.0951. The van der Waals surface area contributed by atoms with Gasteiger partial charge in [0.05, 0.1) is 0 Å². The average molecular weight is 393 g/mol. The van der Waals surface area contributed by atoms with E-state index in [1.165, 1.54) is 5.39 Å². The van der Waals surface area contributed by atoms with Gasteiger partial charge in [-0.1, -0.05) is 18.2 Å². The van der Waals surface area contributed by atoms with Crippen LogP contribution in [0, 0.1) is 12.8 Å². The lowest BCUT2D eigenvalue weighted by atomic mass is 9.99. The van der Waals surface area contributed by atoms with Crippen molar-refractivity contribution in [1.82, 2.24) is 20.2 Å². The van der Waals surface area contributed by atoms with Crippen LogP contribution in [-0.4, -0.2) is 35.1 Å². The van der Waals surface area contributed by atoms with Crippen LogP contribution in [0.4, 0.5) is 0 Å². The van der Waals surface area contributed by atoms with Crippen molar-refractivity contribution in [1.29, 1.82) is 0 Å². The van der Waals surface area contributed by atoms with Crippen LogP contribution in [0.25, 0.3) is 10.9 Å². The summed E-state index contributed by atoms with van der Waals surface area (Å²) in [5.74, 6) is 0.144. The Morgan fingerprint density at radius 2 is 2.14 bits per heavy atom. The molecule has 152 valence electrons. The molecule has 0 saturated carbocycles. The third kappa shape index (κ3) is 4.27. The number of piperidine rings is 1. The highest BCUT2D eigenvalue weighted by atomic mass is 16.2. The number of amides is 1. The molecule has 29 heavy (non-hydrogen) atoms. The van der Waals surface area contributed by atoms with Gasteiger partial charge in [-0.15, -0.1) is 0 Å². The van der Waals surface area contributed by atoms with E-state index >= 15 is 0 Å². The maximum atomic E-state index is 12.9. The smallest absolute Gasteiger partial charge is 0.263 e. The van der Waals surface area contributed by atoms with Gasteiger partial charge < -0.3 is 20.2 Å². The monoisotopic (exact) mass is 392 g/mol. The molecule has 1 unspecified atom stereocenters. The molecule has 1 atom stereocenters. The number of para-hydroxylation sites is 1. The number of nitrogens with one attached hydrogen (secondary N) is 3. The normalized spacial score (nSPS) is 16.8. The molecule has 6 nitrogen and oxygen atoms in total. The lowest BCUT2D eigenvalue weighted by Gasteiger charge is -2.23. The Morgan fingerprint density at radius 3 is 2.97 bits per heavy atom. The SMILES string of the molecule is Cc1ccn(CC2CCCNC2)c(=O)c1C(=O)NCCc1c[nH]c2ccccc12. The first-order chi connectivity index (χ1) is 14.1. The highest BCUT2D eigenvalue weighted by molar-refractivity contribution is 5.95. The predicted octanol–water partition coefficient (Wildman–Crippen LogP) is 2.61. The largest absolute Gasteiger partial charge is 0.361 e. The fourth-order valence-electron chi connectivity index (χ4n) is 4.18. The third-order valence-corrected chi connectivity index (χ3v) is 5.81. The molecule has 1 amide bonds. The molecule has 2 aromatic heterocycles. The summed E-state index contributed by atoms with van der Waals surface area (Å²) in [6, 6.07) is 9.98. The van der Waals surface area contributed by atoms with Crippen molar-refractivity contribution >= 4 is 16.8 Å². The summed E-state index contributed by atoms with van der Waals surface area (Å²) in [4.78, 5) is 29.0. The van der Waals surface area contributed by atoms with E-state index in [9.17, 15) is 9.59 Å². The quantitative estimate of drug-likeness (QED) is 0.603. The number of rotatable bonds is 6. The summed E-state index contributed by atoms with van der Waals surface area (Å²) < 4.78 is 1.69. The van der Waals surface area contributed by atoms with Gasteiger partial charge in [-0.2, -0.15) is 0 Å². The van der Waals surface area contributed by atoms with E-state index in [1.54, 1.807) is 4.57 Å². The molecular weight excluding hydrogens is 364 g/mol. The first-order valence-corrected chi connectivity index (χ1v) is 10.4. The molecule has 6 heteroatoms. The number of fused-ring (bicyclic) bond motifs is 1. The topological polar surface area (TPSA) is 78.9 Å². The maximum absolute atomic E-state index is 12.9. The Kier molecular flexibility index (Phi) is 5.81. The third-order valence-electron chi connectivity index (χ3n) is 5.81. The van der Waals surface area contributed by atoms with Gasteiger partial charge in [0.2, 0.25) is 0 Å². The number of aryl methyl sites for hydroxylation is 1. The molecule has 0 aliphatic carbocycles. The first-order valence-electron chi connectivity index (χ1n) is 10.4. The zero-order valence-electron chi connectivity index (χ0n) is 16.8. The fourth-order valence-corrected chi connectivity index (χ4v) is 4.18. The molecule has 0 spiro atoms. The van der Waals surface area contributed by atoms with Crippen LogP contribution in [0.5, 0.6) is 0 Å². The molecular formula is C23H28N4O2. The second-order valence-corrected chi connectivity index (χ2v) is 7.91. The lowest BCUT2D eigenvalue weighted by Crippen LogP contribution is -2.38. The Labute approximate surface area is 170 Å². The van der Waals surface area contributed by atoms with Crippen molar-refractivity contribution in [2.75, 3.05) is 19.6 Å². The van der Waals surface area contributed by atoms with Crippen LogP contribution in [0.2, 0.25) is 0 Å². The number of benzene rings is 1. The van der Waals surface area contributed by atoms with Crippen molar-refractivity contribution in [2.24, 2.45) is 5.92 Å². The van der Waals surface area contributed by atoms with Gasteiger partial charge >= 0.3 is 0 Å². The second-order valence-electron chi connectivity index (χ2n) is 7.91. The zero-order chi connectivity index (χ0) is 20.2. The van der Waals surface area contributed by atoms with Crippen molar-refractivity contribution in [3.63, 3.8) is 0 Å². The molecule has 1 saturated heterocycles. The number of aromatic amines is 1. The van der Waals surface area contributed by atoms with Gasteiger partial charge in [0.25, 0.3) is 11.5 Å². The minimum absolute atomic E-state index is 0.194. The Bertz CT molecular complexity index is 1060. The van der Waals surface area contributed by atoms with E-state index in [2.05, 4.69) is 21.7 Å². The average Bonchev–Trinajstić information content (AvgIpc) is 3.14. The molecule has 3 aromatic rings. The van der Waals surface area contributed by atoms with Crippen LogP contribution in [0.3, 0.4) is 0 Å². The summed E-state index contributed by atoms with van der Waals surface area (Å²) in [5.41, 5.74) is 3.04. The van der Waals surface area contributed by atoms with Gasteiger partial charge in [-0.25, -0.2) is 0 Å². The molecule has 4 rings (SSSR count). The highest BCUT2D eigenvalue weighted by Crippen LogP contribution is 2.18. The molecule has 3 N–H and O–H groups in total. The van der Waals surface area contributed by atoms with E-state index in [-0.39, 0.29) is 17.0 Å². The van der Waals surface area contributed by atoms with Crippen molar-refractivity contribution in [2.45, 2.75) is 32.7 Å². The summed E-state index contributed by atoms with van der Waals surface area (Å²) in [7, 11) is 0. The van der Waals surface area contributed by atoms with Gasteiger partial charge in [-0.3, -0.25) is 9.59 Å². The summed E-state index contributed by atoms with van der Waals surface area (Å²) in [5, 5.41) is 7.48. The van der Waals surface area contributed by atoms with Gasteiger partial charge in [0.1, 0.15) is 5.56 Å². The highest BCUT2D eigenvalue weighted by Gasteiger charge is 2.19. The maximum Gasteiger partial charge on any atom is 0.263 e. The Balaban J connectivity index is 1.43. The first kappa shape index (κ1) is 19.5. The van der Waals surface area contributed by atoms with Crippen molar-refractivity contribution in [3.05, 3.63) is 69.8 Å². The van der Waals surface area contributed by atoms with Crippen LogP contribution < -0.4 is 16.2 Å². The van der Waals surface area contributed by atoms with Crippen molar-refractivity contribution in [3.8, 4) is 0 Å².